The summed E-state index contributed by atoms with van der Waals surface area (Å²) < 4.78 is 2.13. The van der Waals surface area contributed by atoms with E-state index in [-0.39, 0.29) is 0 Å². The lowest BCUT2D eigenvalue weighted by molar-refractivity contribution is 0.322. The van der Waals surface area contributed by atoms with Crippen molar-refractivity contribution in [2.75, 3.05) is 0 Å². The summed E-state index contributed by atoms with van der Waals surface area (Å²) in [5.41, 5.74) is 4.22. The number of aryl methyl sites for hydroxylation is 1. The fourth-order valence-corrected chi connectivity index (χ4v) is 2.56. The van der Waals surface area contributed by atoms with Crippen molar-refractivity contribution < 1.29 is 5.21 Å². The van der Waals surface area contributed by atoms with Gasteiger partial charge in [0.15, 0.2) is 0 Å². The SMILES string of the molecule is Cn1c(-c2ccccc2)c(/C=N/O)c2ccccc21. The molecule has 3 aromatic rings. The maximum Gasteiger partial charge on any atom is 0.0761 e. The van der Waals surface area contributed by atoms with Gasteiger partial charge in [0.25, 0.3) is 0 Å². The number of para-hydroxylation sites is 1. The molecule has 1 aromatic heterocycles. The first-order valence-corrected chi connectivity index (χ1v) is 6.13. The Bertz CT molecular complexity index is 742. The number of aromatic nitrogens is 1. The van der Waals surface area contributed by atoms with Gasteiger partial charge in [-0.3, -0.25) is 0 Å². The second-order valence-electron chi connectivity index (χ2n) is 4.45. The van der Waals surface area contributed by atoms with Gasteiger partial charge in [-0.25, -0.2) is 0 Å². The van der Waals surface area contributed by atoms with E-state index in [2.05, 4.69) is 27.9 Å². The maximum absolute atomic E-state index is 8.92. The Hall–Kier alpha value is -2.55. The molecule has 0 atom stereocenters. The third-order valence-corrected chi connectivity index (χ3v) is 3.38. The lowest BCUT2D eigenvalue weighted by atomic mass is 10.1. The lowest BCUT2D eigenvalue weighted by Crippen LogP contribution is -1.93. The largest absolute Gasteiger partial charge is 0.411 e. The summed E-state index contributed by atoms with van der Waals surface area (Å²) in [6.45, 7) is 0. The van der Waals surface area contributed by atoms with E-state index in [1.165, 1.54) is 6.21 Å². The monoisotopic (exact) mass is 250 g/mol. The van der Waals surface area contributed by atoms with Crippen LogP contribution in [0.1, 0.15) is 5.56 Å². The maximum atomic E-state index is 8.92. The van der Waals surface area contributed by atoms with Crippen LogP contribution in [0.4, 0.5) is 0 Å². The molecule has 3 nitrogen and oxygen atoms in total. The summed E-state index contributed by atoms with van der Waals surface area (Å²) in [5, 5.41) is 13.2. The predicted octanol–water partition coefficient (Wildman–Crippen LogP) is 3.65. The molecule has 94 valence electrons. The van der Waals surface area contributed by atoms with Gasteiger partial charge in [0.2, 0.25) is 0 Å². The van der Waals surface area contributed by atoms with Crippen LogP contribution in [-0.2, 0) is 7.05 Å². The van der Waals surface area contributed by atoms with Crippen molar-refractivity contribution in [3.05, 3.63) is 60.2 Å². The van der Waals surface area contributed by atoms with Gasteiger partial charge in [-0.05, 0) is 11.6 Å². The molecule has 19 heavy (non-hydrogen) atoms. The third kappa shape index (κ3) is 1.80. The minimum absolute atomic E-state index is 0.937. The van der Waals surface area contributed by atoms with Gasteiger partial charge in [0, 0.05) is 23.5 Å². The quantitative estimate of drug-likeness (QED) is 0.421. The third-order valence-electron chi connectivity index (χ3n) is 3.38. The molecule has 0 radical (unpaired) electrons. The van der Waals surface area contributed by atoms with Crippen molar-refractivity contribution in [2.24, 2.45) is 12.2 Å². The fourth-order valence-electron chi connectivity index (χ4n) is 2.56. The number of hydrogen-bond acceptors (Lipinski definition) is 2. The van der Waals surface area contributed by atoms with E-state index in [4.69, 9.17) is 5.21 Å². The topological polar surface area (TPSA) is 37.5 Å². The molecule has 3 heteroatoms. The van der Waals surface area contributed by atoms with Gasteiger partial charge in [0.1, 0.15) is 0 Å². The first-order chi connectivity index (χ1) is 9.33. The molecular formula is C16H14N2O. The first kappa shape index (κ1) is 11.5. The molecule has 1 N–H and O–H groups in total. The minimum Gasteiger partial charge on any atom is -0.411 e. The van der Waals surface area contributed by atoms with Gasteiger partial charge in [-0.15, -0.1) is 0 Å². The summed E-state index contributed by atoms with van der Waals surface area (Å²) in [5.74, 6) is 0. The molecule has 3 rings (SSSR count). The van der Waals surface area contributed by atoms with Crippen LogP contribution in [-0.4, -0.2) is 16.0 Å². The van der Waals surface area contributed by atoms with Crippen LogP contribution in [0.25, 0.3) is 22.2 Å². The highest BCUT2D eigenvalue weighted by molar-refractivity contribution is 6.06. The van der Waals surface area contributed by atoms with E-state index in [9.17, 15) is 0 Å². The zero-order valence-electron chi connectivity index (χ0n) is 10.6. The highest BCUT2D eigenvalue weighted by Gasteiger charge is 2.14. The van der Waals surface area contributed by atoms with Crippen molar-refractivity contribution in [3.63, 3.8) is 0 Å². The minimum atomic E-state index is 0.937. The average molecular weight is 250 g/mol. The predicted molar refractivity (Wildman–Crippen MR) is 77.7 cm³/mol. The standard InChI is InChI=1S/C16H14N2O/c1-18-15-10-6-5-9-13(15)14(11-17-19)16(18)12-7-3-2-4-8-12/h2-11,19H,1H3/b17-11+. The van der Waals surface area contributed by atoms with Gasteiger partial charge in [-0.2, -0.15) is 0 Å². The van der Waals surface area contributed by atoms with Crippen LogP contribution in [0.5, 0.6) is 0 Å². The van der Waals surface area contributed by atoms with Gasteiger partial charge in [-0.1, -0.05) is 53.7 Å². The zero-order chi connectivity index (χ0) is 13.2. The van der Waals surface area contributed by atoms with Gasteiger partial charge < -0.3 is 9.77 Å². The van der Waals surface area contributed by atoms with Crippen LogP contribution in [0.3, 0.4) is 0 Å². The second-order valence-corrected chi connectivity index (χ2v) is 4.45. The van der Waals surface area contributed by atoms with Crippen molar-refractivity contribution in [3.8, 4) is 11.3 Å². The van der Waals surface area contributed by atoms with Crippen LogP contribution in [0.2, 0.25) is 0 Å². The highest BCUT2D eigenvalue weighted by Crippen LogP contribution is 2.31. The zero-order valence-corrected chi connectivity index (χ0v) is 10.6. The molecule has 0 aliphatic carbocycles. The number of fused-ring (bicyclic) bond motifs is 1. The molecule has 0 saturated carbocycles. The Labute approximate surface area is 111 Å². The summed E-state index contributed by atoms with van der Waals surface area (Å²) in [6, 6.07) is 18.2. The van der Waals surface area contributed by atoms with Crippen LogP contribution in [0, 0.1) is 0 Å². The Kier molecular flexibility index (Phi) is 2.80. The summed E-state index contributed by atoms with van der Waals surface area (Å²) in [6.07, 6.45) is 1.50. The Morgan fingerprint density at radius 2 is 1.68 bits per heavy atom. The van der Waals surface area contributed by atoms with E-state index in [0.717, 1.165) is 27.7 Å². The lowest BCUT2D eigenvalue weighted by Gasteiger charge is -2.05. The van der Waals surface area contributed by atoms with E-state index in [1.807, 2.05) is 43.4 Å². The smallest absolute Gasteiger partial charge is 0.0761 e. The highest BCUT2D eigenvalue weighted by atomic mass is 16.4. The van der Waals surface area contributed by atoms with Crippen molar-refractivity contribution in [1.82, 2.24) is 4.57 Å². The molecule has 2 aromatic carbocycles. The Morgan fingerprint density at radius 1 is 1.00 bits per heavy atom. The summed E-state index contributed by atoms with van der Waals surface area (Å²) in [4.78, 5) is 0. The van der Waals surface area contributed by atoms with Crippen molar-refractivity contribution >= 4 is 17.1 Å². The molecule has 0 saturated heterocycles. The van der Waals surface area contributed by atoms with E-state index < -0.39 is 0 Å². The van der Waals surface area contributed by atoms with Crippen LogP contribution < -0.4 is 0 Å². The van der Waals surface area contributed by atoms with Gasteiger partial charge >= 0.3 is 0 Å². The molecule has 0 spiro atoms. The number of oxime groups is 1. The number of nitrogens with zero attached hydrogens (tertiary/aromatic N) is 2. The molecule has 0 amide bonds. The number of hydrogen-bond donors (Lipinski definition) is 1. The molecule has 0 aliphatic heterocycles. The number of benzene rings is 2. The second kappa shape index (κ2) is 4.61. The number of rotatable bonds is 2. The average Bonchev–Trinajstić information content (AvgIpc) is 2.74. The molecule has 0 aliphatic rings. The first-order valence-electron chi connectivity index (χ1n) is 6.13. The van der Waals surface area contributed by atoms with Crippen LogP contribution >= 0.6 is 0 Å². The van der Waals surface area contributed by atoms with Crippen molar-refractivity contribution in [1.29, 1.82) is 0 Å². The fraction of sp³-hybridized carbons (Fsp3) is 0.0625. The van der Waals surface area contributed by atoms with Gasteiger partial charge in [0.05, 0.1) is 11.9 Å². The Morgan fingerprint density at radius 3 is 2.42 bits per heavy atom. The molecule has 1 heterocycles. The molecule has 0 fully saturated rings. The summed E-state index contributed by atoms with van der Waals surface area (Å²) >= 11 is 0. The van der Waals surface area contributed by atoms with E-state index in [0.29, 0.717) is 0 Å². The van der Waals surface area contributed by atoms with Crippen molar-refractivity contribution in [2.45, 2.75) is 0 Å². The van der Waals surface area contributed by atoms with E-state index in [1.54, 1.807) is 0 Å². The molecule has 0 bridgehead atoms. The normalized spacial score (nSPS) is 11.4. The molecule has 0 unspecified atom stereocenters. The summed E-state index contributed by atoms with van der Waals surface area (Å²) in [7, 11) is 2.03. The Balaban J connectivity index is 2.41. The molecular weight excluding hydrogens is 236 g/mol. The van der Waals surface area contributed by atoms with E-state index >= 15 is 0 Å². The van der Waals surface area contributed by atoms with Crippen LogP contribution in [0.15, 0.2) is 59.8 Å².